The van der Waals surface area contributed by atoms with Crippen LogP contribution in [0.2, 0.25) is 0 Å². The molecule has 0 radical (unpaired) electrons. The zero-order valence-corrected chi connectivity index (χ0v) is 9.95. The van der Waals surface area contributed by atoms with Gasteiger partial charge in [0.05, 0.1) is 0 Å². The Bertz CT molecular complexity index is 361. The Kier molecular flexibility index (Phi) is 2.67. The molecule has 3 rings (SSSR count). The van der Waals surface area contributed by atoms with Gasteiger partial charge in [-0.15, -0.1) is 10.2 Å². The molecule has 1 aliphatic heterocycles. The fourth-order valence-electron chi connectivity index (χ4n) is 2.93. The maximum atomic E-state index is 4.39. The molecular formula is C12H20N4. The summed E-state index contributed by atoms with van der Waals surface area (Å²) in [4.78, 5) is 0. The third-order valence-electron chi connectivity index (χ3n) is 3.98. The topological polar surface area (TPSA) is 42.7 Å². The summed E-state index contributed by atoms with van der Waals surface area (Å²) in [5.41, 5.74) is 0. The van der Waals surface area contributed by atoms with Crippen molar-refractivity contribution in [3.8, 4) is 0 Å². The van der Waals surface area contributed by atoms with E-state index < -0.39 is 0 Å². The van der Waals surface area contributed by atoms with Crippen molar-refractivity contribution in [2.24, 2.45) is 0 Å². The molecule has 0 unspecified atom stereocenters. The van der Waals surface area contributed by atoms with Crippen molar-refractivity contribution in [1.82, 2.24) is 20.1 Å². The molecule has 1 aliphatic carbocycles. The van der Waals surface area contributed by atoms with Gasteiger partial charge in [-0.1, -0.05) is 19.3 Å². The first-order chi connectivity index (χ1) is 7.86. The lowest BCUT2D eigenvalue weighted by atomic mass is 9.94. The van der Waals surface area contributed by atoms with Crippen molar-refractivity contribution in [2.75, 3.05) is 13.1 Å². The zero-order valence-electron chi connectivity index (χ0n) is 9.95. The maximum absolute atomic E-state index is 4.39. The predicted molar refractivity (Wildman–Crippen MR) is 62.5 cm³/mol. The molecule has 0 aromatic carbocycles. The second-order valence-corrected chi connectivity index (χ2v) is 5.12. The van der Waals surface area contributed by atoms with Crippen LogP contribution < -0.4 is 5.32 Å². The summed E-state index contributed by atoms with van der Waals surface area (Å²) in [6.45, 7) is 4.24. The van der Waals surface area contributed by atoms with E-state index in [-0.39, 0.29) is 0 Å². The van der Waals surface area contributed by atoms with Crippen LogP contribution >= 0.6 is 0 Å². The molecule has 1 aromatic rings. The van der Waals surface area contributed by atoms with Crippen LogP contribution in [0.15, 0.2) is 0 Å². The molecule has 4 nitrogen and oxygen atoms in total. The van der Waals surface area contributed by atoms with Crippen LogP contribution in [-0.4, -0.2) is 27.9 Å². The Morgan fingerprint density at radius 3 is 2.50 bits per heavy atom. The average Bonchev–Trinajstić information content (AvgIpc) is 2.59. The molecule has 1 aromatic heterocycles. The van der Waals surface area contributed by atoms with Gasteiger partial charge in [-0.2, -0.15) is 0 Å². The number of nitrogens with one attached hydrogen (secondary N) is 1. The monoisotopic (exact) mass is 220 g/mol. The normalized spacial score (nSPS) is 23.3. The third kappa shape index (κ3) is 1.65. The van der Waals surface area contributed by atoms with Crippen molar-refractivity contribution in [3.05, 3.63) is 11.6 Å². The van der Waals surface area contributed by atoms with Gasteiger partial charge in [-0.25, -0.2) is 0 Å². The molecule has 2 aliphatic rings. The number of rotatable bonds is 2. The summed E-state index contributed by atoms with van der Waals surface area (Å²) >= 11 is 0. The predicted octanol–water partition coefficient (Wildman–Crippen LogP) is 1.78. The van der Waals surface area contributed by atoms with E-state index in [0.717, 1.165) is 18.9 Å². The van der Waals surface area contributed by atoms with Crippen molar-refractivity contribution in [3.63, 3.8) is 0 Å². The van der Waals surface area contributed by atoms with E-state index in [9.17, 15) is 0 Å². The minimum atomic E-state index is 0.600. The lowest BCUT2D eigenvalue weighted by molar-refractivity contribution is 0.321. The van der Waals surface area contributed by atoms with Crippen LogP contribution in [0.1, 0.15) is 55.7 Å². The molecule has 0 atom stereocenters. The molecule has 0 spiro atoms. The Morgan fingerprint density at radius 1 is 1.12 bits per heavy atom. The molecule has 1 saturated carbocycles. The molecule has 88 valence electrons. The highest BCUT2D eigenvalue weighted by Gasteiger charge is 2.28. The highest BCUT2D eigenvalue weighted by atomic mass is 15.3. The van der Waals surface area contributed by atoms with E-state index >= 15 is 0 Å². The Balaban J connectivity index is 1.88. The Labute approximate surface area is 96.4 Å². The number of aromatic nitrogens is 3. The SMILES string of the molecule is Cc1nnc(C2CNC2)n1C1CCCCC1. The zero-order chi connectivity index (χ0) is 11.0. The molecule has 16 heavy (non-hydrogen) atoms. The van der Waals surface area contributed by atoms with Gasteiger partial charge in [-0.3, -0.25) is 0 Å². The first-order valence-corrected chi connectivity index (χ1v) is 6.48. The van der Waals surface area contributed by atoms with Crippen LogP contribution in [0, 0.1) is 6.92 Å². The minimum Gasteiger partial charge on any atom is -0.315 e. The molecule has 2 heterocycles. The second-order valence-electron chi connectivity index (χ2n) is 5.12. The van der Waals surface area contributed by atoms with Crippen LogP contribution in [0.3, 0.4) is 0 Å². The van der Waals surface area contributed by atoms with Crippen molar-refractivity contribution in [2.45, 2.75) is 51.0 Å². The molecule has 0 amide bonds. The van der Waals surface area contributed by atoms with Crippen molar-refractivity contribution >= 4 is 0 Å². The van der Waals surface area contributed by atoms with Crippen molar-refractivity contribution < 1.29 is 0 Å². The number of hydrogen-bond donors (Lipinski definition) is 1. The molecule has 0 bridgehead atoms. The van der Waals surface area contributed by atoms with Gasteiger partial charge in [0, 0.05) is 25.0 Å². The summed E-state index contributed by atoms with van der Waals surface area (Å²) in [7, 11) is 0. The summed E-state index contributed by atoms with van der Waals surface area (Å²) in [5.74, 6) is 2.93. The fourth-order valence-corrected chi connectivity index (χ4v) is 2.93. The minimum absolute atomic E-state index is 0.600. The van der Waals surface area contributed by atoms with Gasteiger partial charge in [0.25, 0.3) is 0 Å². The van der Waals surface area contributed by atoms with Gasteiger partial charge in [0.1, 0.15) is 11.6 Å². The number of nitrogens with zero attached hydrogens (tertiary/aromatic N) is 3. The van der Waals surface area contributed by atoms with Gasteiger partial charge < -0.3 is 9.88 Å². The third-order valence-corrected chi connectivity index (χ3v) is 3.98. The van der Waals surface area contributed by atoms with Gasteiger partial charge >= 0.3 is 0 Å². The van der Waals surface area contributed by atoms with Crippen LogP contribution in [0.4, 0.5) is 0 Å². The van der Waals surface area contributed by atoms with Gasteiger partial charge in [0.15, 0.2) is 0 Å². The smallest absolute Gasteiger partial charge is 0.138 e. The summed E-state index contributed by atoms with van der Waals surface area (Å²) in [6.07, 6.45) is 6.76. The maximum Gasteiger partial charge on any atom is 0.138 e. The number of hydrogen-bond acceptors (Lipinski definition) is 3. The molecule has 4 heteroatoms. The lowest BCUT2D eigenvalue weighted by Gasteiger charge is -2.31. The fraction of sp³-hybridized carbons (Fsp3) is 0.833. The molecule has 1 saturated heterocycles. The summed E-state index contributed by atoms with van der Waals surface area (Å²) < 4.78 is 2.42. The highest BCUT2D eigenvalue weighted by molar-refractivity contribution is 5.08. The van der Waals surface area contributed by atoms with E-state index in [4.69, 9.17) is 0 Å². The van der Waals surface area contributed by atoms with Crippen LogP contribution in [0.25, 0.3) is 0 Å². The summed E-state index contributed by atoms with van der Waals surface area (Å²) in [6, 6.07) is 0.666. The lowest BCUT2D eigenvalue weighted by Crippen LogP contribution is -2.41. The Hall–Kier alpha value is -0.900. The first-order valence-electron chi connectivity index (χ1n) is 6.48. The van der Waals surface area contributed by atoms with Gasteiger partial charge in [0.2, 0.25) is 0 Å². The van der Waals surface area contributed by atoms with E-state index in [1.165, 1.54) is 37.9 Å². The van der Waals surface area contributed by atoms with Crippen molar-refractivity contribution in [1.29, 1.82) is 0 Å². The first kappa shape index (κ1) is 10.3. The van der Waals surface area contributed by atoms with Crippen LogP contribution in [0.5, 0.6) is 0 Å². The molecule has 2 fully saturated rings. The van der Waals surface area contributed by atoms with Crippen LogP contribution in [-0.2, 0) is 0 Å². The van der Waals surface area contributed by atoms with E-state index in [1.807, 2.05) is 0 Å². The van der Waals surface area contributed by atoms with E-state index in [1.54, 1.807) is 0 Å². The highest BCUT2D eigenvalue weighted by Crippen LogP contribution is 2.32. The van der Waals surface area contributed by atoms with E-state index in [2.05, 4.69) is 27.0 Å². The second kappa shape index (κ2) is 4.17. The molecular weight excluding hydrogens is 200 g/mol. The van der Waals surface area contributed by atoms with E-state index in [0.29, 0.717) is 12.0 Å². The standard InChI is InChI=1S/C12H20N4/c1-9-14-15-12(10-7-13-8-10)16(9)11-5-3-2-4-6-11/h10-11,13H,2-8H2,1H3. The van der Waals surface area contributed by atoms with Gasteiger partial charge in [-0.05, 0) is 19.8 Å². The number of aryl methyl sites for hydroxylation is 1. The Morgan fingerprint density at radius 2 is 1.88 bits per heavy atom. The molecule has 1 N–H and O–H groups in total. The average molecular weight is 220 g/mol. The quantitative estimate of drug-likeness (QED) is 0.826. The summed E-state index contributed by atoms with van der Waals surface area (Å²) in [5, 5.41) is 12.0. The largest absolute Gasteiger partial charge is 0.315 e.